The van der Waals surface area contributed by atoms with Gasteiger partial charge in [0.25, 0.3) is 0 Å². The molecule has 1 saturated heterocycles. The second-order valence-electron chi connectivity index (χ2n) is 6.07. The van der Waals surface area contributed by atoms with E-state index in [1.807, 2.05) is 19.0 Å². The predicted octanol–water partition coefficient (Wildman–Crippen LogP) is -0.727. The number of carboxylic acids is 1. The van der Waals surface area contributed by atoms with Crippen molar-refractivity contribution >= 4 is 11.9 Å². The fourth-order valence-electron chi connectivity index (χ4n) is 2.58. The molecule has 0 bridgehead atoms. The first-order valence-corrected chi connectivity index (χ1v) is 7.42. The Labute approximate surface area is 126 Å². The summed E-state index contributed by atoms with van der Waals surface area (Å²) in [6, 6.07) is -0.794. The summed E-state index contributed by atoms with van der Waals surface area (Å²) < 4.78 is 0. The van der Waals surface area contributed by atoms with Crippen molar-refractivity contribution in [3.63, 3.8) is 0 Å². The van der Waals surface area contributed by atoms with Crippen molar-refractivity contribution in [1.82, 2.24) is 14.7 Å². The molecule has 1 aliphatic rings. The van der Waals surface area contributed by atoms with E-state index in [1.165, 1.54) is 0 Å². The number of nitrogens with two attached hydrogens (primary N) is 1. The van der Waals surface area contributed by atoms with Gasteiger partial charge in [0.15, 0.2) is 0 Å². The van der Waals surface area contributed by atoms with Crippen molar-refractivity contribution in [3.8, 4) is 0 Å². The smallest absolute Gasteiger partial charge is 0.305 e. The van der Waals surface area contributed by atoms with E-state index in [4.69, 9.17) is 10.8 Å². The van der Waals surface area contributed by atoms with Gasteiger partial charge in [-0.25, -0.2) is 0 Å². The van der Waals surface area contributed by atoms with E-state index < -0.39 is 12.0 Å². The van der Waals surface area contributed by atoms with Crippen LogP contribution in [0.5, 0.6) is 0 Å². The van der Waals surface area contributed by atoms with E-state index >= 15 is 0 Å². The number of amides is 1. The van der Waals surface area contributed by atoms with Crippen molar-refractivity contribution in [2.75, 3.05) is 47.3 Å². The van der Waals surface area contributed by atoms with Gasteiger partial charge < -0.3 is 25.5 Å². The van der Waals surface area contributed by atoms with Gasteiger partial charge >= 0.3 is 5.97 Å². The molecule has 0 radical (unpaired) electrons. The lowest BCUT2D eigenvalue weighted by molar-refractivity contribution is -0.143. The van der Waals surface area contributed by atoms with Gasteiger partial charge in [-0.1, -0.05) is 0 Å². The molecule has 0 spiro atoms. The van der Waals surface area contributed by atoms with E-state index in [0.717, 1.165) is 32.5 Å². The number of hydrogen-bond acceptors (Lipinski definition) is 5. The van der Waals surface area contributed by atoms with E-state index in [0.29, 0.717) is 6.54 Å². The monoisotopic (exact) mass is 300 g/mol. The Hall–Kier alpha value is -1.18. The van der Waals surface area contributed by atoms with Crippen LogP contribution >= 0.6 is 0 Å². The Morgan fingerprint density at radius 2 is 1.86 bits per heavy atom. The van der Waals surface area contributed by atoms with Gasteiger partial charge in [-0.15, -0.1) is 0 Å². The standard InChI is InChI=1S/C14H28N4O3/c1-16(2)8-9-18(11-4-6-17(3)7-5-11)14(21)12(15)10-13(19)20/h11-12H,4-10,15H2,1-3H3,(H,19,20). The van der Waals surface area contributed by atoms with E-state index in [2.05, 4.69) is 11.9 Å². The number of carbonyl (C=O) groups excluding carboxylic acids is 1. The highest BCUT2D eigenvalue weighted by Gasteiger charge is 2.30. The minimum atomic E-state index is -1.04. The minimum Gasteiger partial charge on any atom is -0.481 e. The summed E-state index contributed by atoms with van der Waals surface area (Å²) in [4.78, 5) is 29.3. The van der Waals surface area contributed by atoms with E-state index in [1.54, 1.807) is 4.90 Å². The molecule has 0 aromatic carbocycles. The molecule has 1 heterocycles. The zero-order valence-electron chi connectivity index (χ0n) is 13.3. The van der Waals surface area contributed by atoms with Crippen molar-refractivity contribution in [2.45, 2.75) is 31.3 Å². The molecule has 0 aromatic rings. The summed E-state index contributed by atoms with van der Waals surface area (Å²) in [6.45, 7) is 3.24. The first kappa shape index (κ1) is 17.9. The molecule has 1 rings (SSSR count). The predicted molar refractivity (Wildman–Crippen MR) is 81.0 cm³/mol. The number of nitrogens with zero attached hydrogens (tertiary/aromatic N) is 3. The zero-order chi connectivity index (χ0) is 16.0. The van der Waals surface area contributed by atoms with Gasteiger partial charge in [-0.2, -0.15) is 0 Å². The second kappa shape index (κ2) is 8.31. The number of carbonyl (C=O) groups is 2. The molecule has 1 unspecified atom stereocenters. The third-order valence-electron chi connectivity index (χ3n) is 3.91. The number of likely N-dealkylation sites (N-methyl/N-ethyl adjacent to an activating group) is 1. The Morgan fingerprint density at radius 1 is 1.29 bits per heavy atom. The maximum absolute atomic E-state index is 12.5. The molecule has 7 nitrogen and oxygen atoms in total. The summed E-state index contributed by atoms with van der Waals surface area (Å²) in [5.41, 5.74) is 5.76. The first-order chi connectivity index (χ1) is 9.81. The molecule has 1 amide bonds. The van der Waals surface area contributed by atoms with Crippen molar-refractivity contribution < 1.29 is 14.7 Å². The molecule has 21 heavy (non-hydrogen) atoms. The molecule has 1 fully saturated rings. The number of likely N-dealkylation sites (tertiary alicyclic amines) is 1. The van der Waals surface area contributed by atoms with Crippen molar-refractivity contribution in [3.05, 3.63) is 0 Å². The summed E-state index contributed by atoms with van der Waals surface area (Å²) in [6.07, 6.45) is 1.51. The number of piperidine rings is 1. The Kier molecular flexibility index (Phi) is 7.07. The van der Waals surface area contributed by atoms with Crippen LogP contribution in [0.2, 0.25) is 0 Å². The fraction of sp³-hybridized carbons (Fsp3) is 0.857. The molecule has 3 N–H and O–H groups in total. The van der Waals surface area contributed by atoms with Gasteiger partial charge in [0.2, 0.25) is 5.91 Å². The molecule has 122 valence electrons. The molecule has 0 aromatic heterocycles. The Balaban J connectivity index is 2.70. The third-order valence-corrected chi connectivity index (χ3v) is 3.91. The average molecular weight is 300 g/mol. The largest absolute Gasteiger partial charge is 0.481 e. The van der Waals surface area contributed by atoms with Crippen LogP contribution in [0.1, 0.15) is 19.3 Å². The normalized spacial score (nSPS) is 18.7. The lowest BCUT2D eigenvalue weighted by Crippen LogP contribution is -2.53. The van der Waals surface area contributed by atoms with Crippen LogP contribution in [-0.2, 0) is 9.59 Å². The highest BCUT2D eigenvalue weighted by molar-refractivity contribution is 5.86. The van der Waals surface area contributed by atoms with Gasteiger partial charge in [-0.05, 0) is 47.1 Å². The van der Waals surface area contributed by atoms with Crippen molar-refractivity contribution in [1.29, 1.82) is 0 Å². The van der Waals surface area contributed by atoms with Gasteiger partial charge in [-0.3, -0.25) is 9.59 Å². The van der Waals surface area contributed by atoms with Crippen LogP contribution in [0.25, 0.3) is 0 Å². The van der Waals surface area contributed by atoms with Crippen LogP contribution in [0, 0.1) is 0 Å². The van der Waals surface area contributed by atoms with Crippen LogP contribution in [-0.4, -0.2) is 91.1 Å². The lowest BCUT2D eigenvalue weighted by atomic mass is 10.0. The van der Waals surface area contributed by atoms with Crippen LogP contribution in [0.3, 0.4) is 0 Å². The topological polar surface area (TPSA) is 90.1 Å². The maximum atomic E-state index is 12.5. The lowest BCUT2D eigenvalue weighted by Gasteiger charge is -2.38. The van der Waals surface area contributed by atoms with Gasteiger partial charge in [0, 0.05) is 19.1 Å². The van der Waals surface area contributed by atoms with Crippen LogP contribution < -0.4 is 5.73 Å². The van der Waals surface area contributed by atoms with Gasteiger partial charge in [0.1, 0.15) is 0 Å². The molecule has 1 aliphatic heterocycles. The fourth-order valence-corrected chi connectivity index (χ4v) is 2.58. The van der Waals surface area contributed by atoms with Crippen molar-refractivity contribution in [2.24, 2.45) is 5.73 Å². The summed E-state index contributed by atoms with van der Waals surface area (Å²) in [5.74, 6) is -1.28. The zero-order valence-corrected chi connectivity index (χ0v) is 13.3. The first-order valence-electron chi connectivity index (χ1n) is 7.42. The summed E-state index contributed by atoms with van der Waals surface area (Å²) in [7, 11) is 5.97. The number of rotatable bonds is 7. The highest BCUT2D eigenvalue weighted by Crippen LogP contribution is 2.17. The van der Waals surface area contributed by atoms with E-state index in [9.17, 15) is 9.59 Å². The molecule has 1 atom stereocenters. The summed E-state index contributed by atoms with van der Waals surface area (Å²) >= 11 is 0. The Morgan fingerprint density at radius 3 is 2.33 bits per heavy atom. The highest BCUT2D eigenvalue weighted by atomic mass is 16.4. The minimum absolute atomic E-state index is 0.161. The van der Waals surface area contributed by atoms with Crippen LogP contribution in [0.4, 0.5) is 0 Å². The quantitative estimate of drug-likeness (QED) is 0.644. The molecular formula is C14H28N4O3. The molecule has 7 heteroatoms. The number of hydrogen-bond donors (Lipinski definition) is 2. The van der Waals surface area contributed by atoms with Crippen LogP contribution in [0.15, 0.2) is 0 Å². The Bertz CT molecular complexity index is 354. The SMILES string of the molecule is CN(C)CCN(C(=O)C(N)CC(=O)O)C1CCN(C)CC1. The summed E-state index contributed by atoms with van der Waals surface area (Å²) in [5, 5.41) is 8.81. The van der Waals surface area contributed by atoms with Gasteiger partial charge in [0.05, 0.1) is 12.5 Å². The molecule has 0 aliphatic carbocycles. The maximum Gasteiger partial charge on any atom is 0.305 e. The molecule has 0 saturated carbocycles. The van der Waals surface area contributed by atoms with E-state index in [-0.39, 0.29) is 18.4 Å². The molecular weight excluding hydrogens is 272 g/mol. The third kappa shape index (κ3) is 5.99. The average Bonchev–Trinajstić information content (AvgIpc) is 2.39. The number of aliphatic carboxylic acids is 1. The second-order valence-corrected chi connectivity index (χ2v) is 6.07. The number of carboxylic acid groups (broad SMARTS) is 1.